The van der Waals surface area contributed by atoms with Crippen LogP contribution in [0, 0.1) is 0 Å². The summed E-state index contributed by atoms with van der Waals surface area (Å²) in [5.74, 6) is 0. The molecule has 3 nitrogen and oxygen atoms in total. The zero-order valence-electron chi connectivity index (χ0n) is 10.4. The van der Waals surface area contributed by atoms with E-state index >= 15 is 0 Å². The second kappa shape index (κ2) is 4.07. The number of benzene rings is 1. The molecule has 2 saturated carbocycles. The van der Waals surface area contributed by atoms with Gasteiger partial charge in [-0.15, -0.1) is 0 Å². The number of hydrogen-bond donors (Lipinski definition) is 1. The van der Waals surface area contributed by atoms with Gasteiger partial charge in [0.1, 0.15) is 0 Å². The Balaban J connectivity index is 2.10. The molecule has 98 valence electrons. The Labute approximate surface area is 108 Å². The zero-order chi connectivity index (χ0) is 12.8. The molecule has 0 saturated heterocycles. The lowest BCUT2D eigenvalue weighted by molar-refractivity contribution is 0.248. The zero-order valence-corrected chi connectivity index (χ0v) is 11.2. The van der Waals surface area contributed by atoms with Crippen molar-refractivity contribution in [1.29, 1.82) is 0 Å². The minimum Gasteiger partial charge on any atom is -0.330 e. The van der Waals surface area contributed by atoms with Crippen molar-refractivity contribution in [2.45, 2.75) is 47.7 Å². The normalized spacial score (nSPS) is 22.5. The third-order valence-corrected chi connectivity index (χ3v) is 6.75. The van der Waals surface area contributed by atoms with Crippen LogP contribution in [0.4, 0.5) is 0 Å². The molecule has 18 heavy (non-hydrogen) atoms. The van der Waals surface area contributed by atoms with Gasteiger partial charge in [0.05, 0.1) is 10.1 Å². The SMILES string of the molecule is NCC1(c2ccccc2S(=O)(=O)C2CC2)CCC1. The molecule has 2 aliphatic carbocycles. The van der Waals surface area contributed by atoms with Crippen LogP contribution in [-0.4, -0.2) is 20.2 Å². The molecule has 3 rings (SSSR count). The molecule has 0 atom stereocenters. The van der Waals surface area contributed by atoms with Gasteiger partial charge in [-0.05, 0) is 37.3 Å². The maximum absolute atomic E-state index is 12.5. The molecule has 1 aromatic rings. The Hall–Kier alpha value is -0.870. The summed E-state index contributed by atoms with van der Waals surface area (Å²) in [6.45, 7) is 0.546. The van der Waals surface area contributed by atoms with E-state index in [9.17, 15) is 8.42 Å². The lowest BCUT2D eigenvalue weighted by atomic mass is 9.64. The van der Waals surface area contributed by atoms with E-state index in [4.69, 9.17) is 5.73 Å². The quantitative estimate of drug-likeness (QED) is 0.906. The van der Waals surface area contributed by atoms with Crippen LogP contribution in [0.1, 0.15) is 37.7 Å². The van der Waals surface area contributed by atoms with E-state index in [1.165, 1.54) is 0 Å². The van der Waals surface area contributed by atoms with E-state index in [0.717, 1.165) is 37.7 Å². The van der Waals surface area contributed by atoms with Crippen molar-refractivity contribution in [3.8, 4) is 0 Å². The van der Waals surface area contributed by atoms with Crippen molar-refractivity contribution in [2.75, 3.05) is 6.54 Å². The van der Waals surface area contributed by atoms with E-state index in [2.05, 4.69) is 0 Å². The summed E-state index contributed by atoms with van der Waals surface area (Å²) in [6.07, 6.45) is 4.80. The fraction of sp³-hybridized carbons (Fsp3) is 0.571. The summed E-state index contributed by atoms with van der Waals surface area (Å²) < 4.78 is 25.0. The lowest BCUT2D eigenvalue weighted by Gasteiger charge is -2.42. The van der Waals surface area contributed by atoms with Gasteiger partial charge in [0, 0.05) is 12.0 Å². The molecule has 0 spiro atoms. The summed E-state index contributed by atoms with van der Waals surface area (Å²) >= 11 is 0. The lowest BCUT2D eigenvalue weighted by Crippen LogP contribution is -2.42. The molecular formula is C14H19NO2S. The summed E-state index contributed by atoms with van der Waals surface area (Å²) in [5.41, 5.74) is 6.79. The number of rotatable bonds is 4. The first-order valence-corrected chi connectivity index (χ1v) is 8.18. The second-order valence-electron chi connectivity index (χ2n) is 5.58. The highest BCUT2D eigenvalue weighted by Crippen LogP contribution is 2.46. The third-order valence-electron chi connectivity index (χ3n) is 4.43. The van der Waals surface area contributed by atoms with Gasteiger partial charge in [0.2, 0.25) is 0 Å². The van der Waals surface area contributed by atoms with Crippen molar-refractivity contribution in [2.24, 2.45) is 5.73 Å². The number of sulfone groups is 1. The molecule has 0 bridgehead atoms. The molecule has 0 radical (unpaired) electrons. The molecule has 1 aromatic carbocycles. The first-order valence-electron chi connectivity index (χ1n) is 6.64. The van der Waals surface area contributed by atoms with Gasteiger partial charge in [0.25, 0.3) is 0 Å². The van der Waals surface area contributed by atoms with Gasteiger partial charge in [-0.1, -0.05) is 24.6 Å². The number of hydrogen-bond acceptors (Lipinski definition) is 3. The Morgan fingerprint density at radius 3 is 2.39 bits per heavy atom. The molecule has 2 aliphatic rings. The molecule has 2 fully saturated rings. The largest absolute Gasteiger partial charge is 0.330 e. The summed E-state index contributed by atoms with van der Waals surface area (Å²) in [4.78, 5) is 0.539. The Morgan fingerprint density at radius 1 is 1.22 bits per heavy atom. The fourth-order valence-corrected chi connectivity index (χ4v) is 4.87. The minimum absolute atomic E-state index is 0.0848. The Bertz CT molecular complexity index is 551. The van der Waals surface area contributed by atoms with Gasteiger partial charge >= 0.3 is 0 Å². The van der Waals surface area contributed by atoms with Crippen LogP contribution in [0.5, 0.6) is 0 Å². The van der Waals surface area contributed by atoms with E-state index in [1.54, 1.807) is 6.07 Å². The first-order chi connectivity index (χ1) is 8.60. The van der Waals surface area contributed by atoms with Gasteiger partial charge < -0.3 is 5.73 Å². The smallest absolute Gasteiger partial charge is 0.181 e. The predicted octanol–water partition coefficient (Wildman–Crippen LogP) is 2.00. The highest BCUT2D eigenvalue weighted by Gasteiger charge is 2.44. The van der Waals surface area contributed by atoms with Crippen molar-refractivity contribution in [1.82, 2.24) is 0 Å². The molecule has 2 N–H and O–H groups in total. The van der Waals surface area contributed by atoms with Gasteiger partial charge in [-0.2, -0.15) is 0 Å². The molecule has 0 aromatic heterocycles. The molecule has 4 heteroatoms. The van der Waals surface area contributed by atoms with Crippen LogP contribution in [0.15, 0.2) is 29.2 Å². The van der Waals surface area contributed by atoms with Gasteiger partial charge in [-0.3, -0.25) is 0 Å². The van der Waals surface area contributed by atoms with Crippen LogP contribution in [0.3, 0.4) is 0 Å². The van der Waals surface area contributed by atoms with E-state index in [1.807, 2.05) is 18.2 Å². The monoisotopic (exact) mass is 265 g/mol. The predicted molar refractivity (Wildman–Crippen MR) is 71.2 cm³/mol. The minimum atomic E-state index is -3.12. The summed E-state index contributed by atoms with van der Waals surface area (Å²) in [6, 6.07) is 7.47. The van der Waals surface area contributed by atoms with E-state index in [0.29, 0.717) is 11.4 Å². The molecule has 0 aliphatic heterocycles. The molecule has 0 unspecified atom stereocenters. The van der Waals surface area contributed by atoms with Crippen molar-refractivity contribution < 1.29 is 8.42 Å². The molecule has 0 amide bonds. The molecular weight excluding hydrogens is 246 g/mol. The van der Waals surface area contributed by atoms with Gasteiger partial charge in [0.15, 0.2) is 9.84 Å². The average molecular weight is 265 g/mol. The summed E-state index contributed by atoms with van der Waals surface area (Å²) in [5, 5.41) is -0.145. The Kier molecular flexibility index (Phi) is 2.75. The molecule has 0 heterocycles. The fourth-order valence-electron chi connectivity index (χ4n) is 2.90. The van der Waals surface area contributed by atoms with Crippen LogP contribution >= 0.6 is 0 Å². The maximum Gasteiger partial charge on any atom is 0.181 e. The average Bonchev–Trinajstić information content (AvgIpc) is 3.13. The summed E-state index contributed by atoms with van der Waals surface area (Å²) in [7, 11) is -3.12. The second-order valence-corrected chi connectivity index (χ2v) is 7.78. The Morgan fingerprint density at radius 2 is 1.89 bits per heavy atom. The maximum atomic E-state index is 12.5. The van der Waals surface area contributed by atoms with Crippen molar-refractivity contribution in [3.05, 3.63) is 29.8 Å². The van der Waals surface area contributed by atoms with Crippen LogP contribution in [0.25, 0.3) is 0 Å². The van der Waals surface area contributed by atoms with Crippen LogP contribution in [0.2, 0.25) is 0 Å². The van der Waals surface area contributed by atoms with Gasteiger partial charge in [-0.25, -0.2) is 8.42 Å². The topological polar surface area (TPSA) is 60.2 Å². The van der Waals surface area contributed by atoms with Crippen LogP contribution < -0.4 is 5.73 Å². The van der Waals surface area contributed by atoms with Crippen molar-refractivity contribution >= 4 is 9.84 Å². The van der Waals surface area contributed by atoms with E-state index in [-0.39, 0.29) is 10.7 Å². The highest BCUT2D eigenvalue weighted by atomic mass is 32.2. The van der Waals surface area contributed by atoms with Crippen LogP contribution in [-0.2, 0) is 15.3 Å². The highest BCUT2D eigenvalue weighted by molar-refractivity contribution is 7.92. The number of nitrogens with two attached hydrogens (primary N) is 1. The standard InChI is InChI=1S/C14H19NO2S/c15-10-14(8-3-9-14)12-4-1-2-5-13(12)18(16,17)11-6-7-11/h1-2,4-5,11H,3,6-10,15H2. The van der Waals surface area contributed by atoms with Crippen molar-refractivity contribution in [3.63, 3.8) is 0 Å². The van der Waals surface area contributed by atoms with E-state index < -0.39 is 9.84 Å². The third kappa shape index (κ3) is 1.70. The first kappa shape index (κ1) is 12.2.